The lowest BCUT2D eigenvalue weighted by Crippen LogP contribution is -1.96. The Balaban J connectivity index is 3.62. The fourth-order valence-electron chi connectivity index (χ4n) is 0.479. The number of hydrogen-bond acceptors (Lipinski definition) is 2. The summed E-state index contributed by atoms with van der Waals surface area (Å²) in [5.74, 6) is 0.821. The number of allylic oxidation sites excluding steroid dienone is 2. The van der Waals surface area contributed by atoms with E-state index < -0.39 is 0 Å². The van der Waals surface area contributed by atoms with Crippen LogP contribution in [0, 0.1) is 0 Å². The topological polar surface area (TPSA) is 21.6 Å². The molecule has 0 unspecified atom stereocenters. The minimum Gasteiger partial charge on any atom is -0.491 e. The molecule has 0 spiro atoms. The average molecular weight is 206 g/mol. The molecule has 0 aromatic heterocycles. The number of hydrogen-bond donors (Lipinski definition) is 0. The molecule has 0 saturated carbocycles. The number of alkyl halides is 1. The first-order chi connectivity index (χ1) is 4.85. The monoisotopic (exact) mass is 205 g/mol. The van der Waals surface area contributed by atoms with Crippen molar-refractivity contribution in [2.24, 2.45) is 4.99 Å². The third-order valence-corrected chi connectivity index (χ3v) is 1.21. The Morgan fingerprint density at radius 3 is 2.80 bits per heavy atom. The molecule has 0 aliphatic heterocycles. The molecule has 0 atom stereocenters. The maximum Gasteiger partial charge on any atom is 0.132 e. The molecular formula is C7H12BrNO. The Morgan fingerprint density at radius 1 is 1.70 bits per heavy atom. The van der Waals surface area contributed by atoms with Crippen molar-refractivity contribution in [2.45, 2.75) is 6.92 Å². The van der Waals surface area contributed by atoms with Gasteiger partial charge in [0.1, 0.15) is 5.76 Å². The SMILES string of the molecule is C/C=C(\C=NC)OCCBr. The van der Waals surface area contributed by atoms with Gasteiger partial charge in [-0.25, -0.2) is 0 Å². The summed E-state index contributed by atoms with van der Waals surface area (Å²) in [5.41, 5.74) is 0. The van der Waals surface area contributed by atoms with Gasteiger partial charge in [-0.1, -0.05) is 15.9 Å². The maximum atomic E-state index is 5.25. The van der Waals surface area contributed by atoms with E-state index >= 15 is 0 Å². The highest BCUT2D eigenvalue weighted by atomic mass is 79.9. The van der Waals surface area contributed by atoms with Gasteiger partial charge in [0.25, 0.3) is 0 Å². The minimum absolute atomic E-state index is 0.686. The van der Waals surface area contributed by atoms with Crippen molar-refractivity contribution in [3.05, 3.63) is 11.8 Å². The van der Waals surface area contributed by atoms with E-state index in [-0.39, 0.29) is 0 Å². The van der Waals surface area contributed by atoms with Crippen LogP contribution in [0.2, 0.25) is 0 Å². The van der Waals surface area contributed by atoms with Gasteiger partial charge in [0.15, 0.2) is 0 Å². The van der Waals surface area contributed by atoms with Gasteiger partial charge < -0.3 is 4.74 Å². The third-order valence-electron chi connectivity index (χ3n) is 0.887. The molecule has 2 nitrogen and oxygen atoms in total. The summed E-state index contributed by atoms with van der Waals surface area (Å²) < 4.78 is 5.25. The molecule has 0 N–H and O–H groups in total. The van der Waals surface area contributed by atoms with Gasteiger partial charge in [-0.3, -0.25) is 4.99 Å². The summed E-state index contributed by atoms with van der Waals surface area (Å²) in [5, 5.41) is 0.849. The highest BCUT2D eigenvalue weighted by molar-refractivity contribution is 9.09. The van der Waals surface area contributed by atoms with E-state index in [1.165, 1.54) is 0 Å². The zero-order valence-electron chi connectivity index (χ0n) is 6.30. The quantitative estimate of drug-likeness (QED) is 0.391. The molecule has 0 aliphatic rings. The first kappa shape index (κ1) is 9.69. The first-order valence-electron chi connectivity index (χ1n) is 3.12. The van der Waals surface area contributed by atoms with E-state index in [0.29, 0.717) is 6.61 Å². The van der Waals surface area contributed by atoms with Crippen LogP contribution in [0.4, 0.5) is 0 Å². The number of rotatable bonds is 4. The number of halogens is 1. The second kappa shape index (κ2) is 6.81. The van der Waals surface area contributed by atoms with Crippen molar-refractivity contribution in [3.8, 4) is 0 Å². The molecule has 58 valence electrons. The molecule has 0 aliphatic carbocycles. The van der Waals surface area contributed by atoms with Crippen LogP contribution in [0.3, 0.4) is 0 Å². The van der Waals surface area contributed by atoms with E-state index in [1.807, 2.05) is 13.0 Å². The molecule has 3 heteroatoms. The second-order valence-electron chi connectivity index (χ2n) is 1.62. The molecule has 10 heavy (non-hydrogen) atoms. The predicted molar refractivity (Wildman–Crippen MR) is 47.9 cm³/mol. The van der Waals surface area contributed by atoms with Crippen LogP contribution in [-0.4, -0.2) is 25.2 Å². The number of ether oxygens (including phenoxy) is 1. The first-order valence-corrected chi connectivity index (χ1v) is 4.24. The molecular weight excluding hydrogens is 194 g/mol. The van der Waals surface area contributed by atoms with Gasteiger partial charge in [0.2, 0.25) is 0 Å². The minimum atomic E-state index is 0.686. The zero-order chi connectivity index (χ0) is 7.82. The van der Waals surface area contributed by atoms with E-state index in [0.717, 1.165) is 11.1 Å². The lowest BCUT2D eigenvalue weighted by molar-refractivity contribution is 0.255. The van der Waals surface area contributed by atoms with Crippen molar-refractivity contribution in [1.82, 2.24) is 0 Å². The van der Waals surface area contributed by atoms with Crippen molar-refractivity contribution in [1.29, 1.82) is 0 Å². The van der Waals surface area contributed by atoms with Gasteiger partial charge in [0.05, 0.1) is 12.8 Å². The molecule has 0 aromatic carbocycles. The summed E-state index contributed by atoms with van der Waals surface area (Å²) in [6, 6.07) is 0. The Labute approximate surface area is 70.1 Å². The lowest BCUT2D eigenvalue weighted by atomic mass is 10.5. The highest BCUT2D eigenvalue weighted by Crippen LogP contribution is 1.93. The van der Waals surface area contributed by atoms with Crippen LogP contribution < -0.4 is 0 Å². The van der Waals surface area contributed by atoms with E-state index in [9.17, 15) is 0 Å². The van der Waals surface area contributed by atoms with Gasteiger partial charge >= 0.3 is 0 Å². The van der Waals surface area contributed by atoms with E-state index in [1.54, 1.807) is 13.3 Å². The number of nitrogens with zero attached hydrogens (tertiary/aromatic N) is 1. The summed E-state index contributed by atoms with van der Waals surface area (Å²) in [4.78, 5) is 3.83. The van der Waals surface area contributed by atoms with Crippen molar-refractivity contribution in [3.63, 3.8) is 0 Å². The molecule has 0 radical (unpaired) electrons. The molecule has 0 bridgehead atoms. The van der Waals surface area contributed by atoms with Crippen LogP contribution in [0.15, 0.2) is 16.8 Å². The Hall–Kier alpha value is -0.310. The van der Waals surface area contributed by atoms with E-state index in [4.69, 9.17) is 4.74 Å². The van der Waals surface area contributed by atoms with Gasteiger partial charge in [-0.05, 0) is 13.0 Å². The second-order valence-corrected chi connectivity index (χ2v) is 2.41. The summed E-state index contributed by atoms with van der Waals surface area (Å²) in [7, 11) is 1.72. The lowest BCUT2D eigenvalue weighted by Gasteiger charge is -2.01. The van der Waals surface area contributed by atoms with Gasteiger partial charge in [0, 0.05) is 12.4 Å². The Kier molecular flexibility index (Phi) is 6.59. The largest absolute Gasteiger partial charge is 0.491 e. The third kappa shape index (κ3) is 4.56. The normalized spacial score (nSPS) is 12.5. The summed E-state index contributed by atoms with van der Waals surface area (Å²) in [6.07, 6.45) is 3.58. The van der Waals surface area contributed by atoms with Crippen molar-refractivity contribution in [2.75, 3.05) is 19.0 Å². The van der Waals surface area contributed by atoms with Crippen LogP contribution in [-0.2, 0) is 4.74 Å². The van der Waals surface area contributed by atoms with Crippen LogP contribution in [0.1, 0.15) is 6.92 Å². The highest BCUT2D eigenvalue weighted by Gasteiger charge is 1.88. The van der Waals surface area contributed by atoms with Crippen LogP contribution in [0.5, 0.6) is 0 Å². The smallest absolute Gasteiger partial charge is 0.132 e. The molecule has 0 saturated heterocycles. The van der Waals surface area contributed by atoms with Gasteiger partial charge in [-0.2, -0.15) is 0 Å². The zero-order valence-corrected chi connectivity index (χ0v) is 7.89. The van der Waals surface area contributed by atoms with Crippen molar-refractivity contribution >= 4 is 22.1 Å². The molecule has 0 rings (SSSR count). The van der Waals surface area contributed by atoms with E-state index in [2.05, 4.69) is 20.9 Å². The molecule has 0 heterocycles. The molecule has 0 aromatic rings. The number of aliphatic imine (C=N–C) groups is 1. The summed E-state index contributed by atoms with van der Waals surface area (Å²) in [6.45, 7) is 2.61. The fourth-order valence-corrected chi connectivity index (χ4v) is 0.641. The predicted octanol–water partition coefficient (Wildman–Crippen LogP) is 2.00. The van der Waals surface area contributed by atoms with Gasteiger partial charge in [-0.15, -0.1) is 0 Å². The summed E-state index contributed by atoms with van der Waals surface area (Å²) >= 11 is 3.26. The average Bonchev–Trinajstić information content (AvgIpc) is 1.98. The fraction of sp³-hybridized carbons (Fsp3) is 0.571. The maximum absolute atomic E-state index is 5.25. The van der Waals surface area contributed by atoms with Crippen LogP contribution in [0.25, 0.3) is 0 Å². The standard InChI is InChI=1S/C7H12BrNO/c1-3-7(6-9-2)10-5-4-8/h3,6H,4-5H2,1-2H3/b7-3+,9-6?. The van der Waals surface area contributed by atoms with Crippen molar-refractivity contribution < 1.29 is 4.74 Å². The Bertz CT molecular complexity index is 132. The Morgan fingerprint density at radius 2 is 2.40 bits per heavy atom. The molecule has 0 amide bonds. The molecule has 0 fully saturated rings. The van der Waals surface area contributed by atoms with Crippen LogP contribution >= 0.6 is 15.9 Å².